The Morgan fingerprint density at radius 2 is 2.17 bits per heavy atom. The second-order valence-corrected chi connectivity index (χ2v) is 4.53. The lowest BCUT2D eigenvalue weighted by Gasteiger charge is -2.07. The number of carbonyl (C=O) groups is 1. The van der Waals surface area contributed by atoms with E-state index in [1.807, 2.05) is 0 Å². The second kappa shape index (κ2) is 6.24. The smallest absolute Gasteiger partial charge is 0.451 e. The molecule has 0 fully saturated rings. The molecule has 0 radical (unpaired) electrons. The summed E-state index contributed by atoms with van der Waals surface area (Å²) < 4.78 is 41.6. The summed E-state index contributed by atoms with van der Waals surface area (Å²) >= 11 is 6.44. The SMILES string of the molecule is COC(=O)CCSc1cc(Cl)nc(C(F)(F)F)n1. The van der Waals surface area contributed by atoms with E-state index < -0.39 is 18.0 Å². The molecule has 0 unspecified atom stereocenters. The van der Waals surface area contributed by atoms with Crippen molar-refractivity contribution in [3.63, 3.8) is 0 Å². The van der Waals surface area contributed by atoms with E-state index >= 15 is 0 Å². The summed E-state index contributed by atoms with van der Waals surface area (Å²) in [5.41, 5.74) is 0. The average molecular weight is 301 g/mol. The van der Waals surface area contributed by atoms with Crippen LogP contribution in [0.15, 0.2) is 11.1 Å². The molecule has 1 aromatic rings. The molecule has 0 aliphatic heterocycles. The van der Waals surface area contributed by atoms with Gasteiger partial charge in [-0.15, -0.1) is 11.8 Å². The number of hydrogen-bond acceptors (Lipinski definition) is 5. The molecule has 0 N–H and O–H groups in total. The van der Waals surface area contributed by atoms with Crippen molar-refractivity contribution < 1.29 is 22.7 Å². The van der Waals surface area contributed by atoms with E-state index in [1.54, 1.807) is 0 Å². The number of alkyl halides is 3. The number of nitrogens with zero attached hydrogens (tertiary/aromatic N) is 2. The zero-order valence-corrected chi connectivity index (χ0v) is 10.7. The van der Waals surface area contributed by atoms with Crippen LogP contribution in [0.25, 0.3) is 0 Å². The van der Waals surface area contributed by atoms with Gasteiger partial charge in [-0.25, -0.2) is 9.97 Å². The first-order chi connectivity index (χ1) is 8.32. The Morgan fingerprint density at radius 1 is 1.50 bits per heavy atom. The fourth-order valence-corrected chi connectivity index (χ4v) is 2.01. The molecule has 4 nitrogen and oxygen atoms in total. The van der Waals surface area contributed by atoms with Crippen LogP contribution in [-0.2, 0) is 15.7 Å². The van der Waals surface area contributed by atoms with Gasteiger partial charge in [-0.1, -0.05) is 11.6 Å². The molecule has 0 amide bonds. The van der Waals surface area contributed by atoms with Gasteiger partial charge in [0.2, 0.25) is 5.82 Å². The molecule has 0 saturated heterocycles. The fraction of sp³-hybridized carbons (Fsp3) is 0.444. The van der Waals surface area contributed by atoms with Crippen LogP contribution < -0.4 is 0 Å². The number of rotatable bonds is 4. The highest BCUT2D eigenvalue weighted by Crippen LogP contribution is 2.29. The Balaban J connectivity index is 2.72. The maximum absolute atomic E-state index is 12.4. The van der Waals surface area contributed by atoms with Gasteiger partial charge in [0.25, 0.3) is 0 Å². The molecule has 1 aromatic heterocycles. The molecular weight excluding hydrogens is 293 g/mol. The minimum Gasteiger partial charge on any atom is -0.469 e. The Labute approximate surface area is 110 Å². The van der Waals surface area contributed by atoms with E-state index in [9.17, 15) is 18.0 Å². The fourth-order valence-electron chi connectivity index (χ4n) is 0.939. The molecule has 0 atom stereocenters. The van der Waals surface area contributed by atoms with Crippen molar-refractivity contribution in [2.24, 2.45) is 0 Å². The quantitative estimate of drug-likeness (QED) is 0.486. The molecule has 0 aliphatic rings. The molecule has 9 heteroatoms. The molecule has 1 rings (SSSR count). The van der Waals surface area contributed by atoms with Gasteiger partial charge >= 0.3 is 12.1 Å². The van der Waals surface area contributed by atoms with Gasteiger partial charge in [0.1, 0.15) is 10.2 Å². The van der Waals surface area contributed by atoms with E-state index in [0.717, 1.165) is 11.8 Å². The van der Waals surface area contributed by atoms with Crippen LogP contribution in [0.4, 0.5) is 13.2 Å². The summed E-state index contributed by atoms with van der Waals surface area (Å²) in [5.74, 6) is -1.49. The predicted octanol–water partition coefficient (Wildman–Crippen LogP) is 2.80. The number of aromatic nitrogens is 2. The summed E-state index contributed by atoms with van der Waals surface area (Å²) in [6, 6.07) is 1.21. The van der Waals surface area contributed by atoms with Gasteiger partial charge in [0.05, 0.1) is 13.5 Å². The minimum absolute atomic E-state index is 0.0613. The average Bonchev–Trinajstić information content (AvgIpc) is 2.27. The minimum atomic E-state index is -4.65. The van der Waals surface area contributed by atoms with Crippen molar-refractivity contribution in [3.05, 3.63) is 17.0 Å². The first-order valence-corrected chi connectivity index (χ1v) is 6.00. The third-order valence-corrected chi connectivity index (χ3v) is 2.82. The molecule has 18 heavy (non-hydrogen) atoms. The van der Waals surface area contributed by atoms with E-state index in [1.165, 1.54) is 13.2 Å². The van der Waals surface area contributed by atoms with E-state index in [-0.39, 0.29) is 22.4 Å². The second-order valence-electron chi connectivity index (χ2n) is 3.02. The standard InChI is InChI=1S/C9H8ClF3N2O2S/c1-17-7(16)2-3-18-6-4-5(10)14-8(15-6)9(11,12)13/h4H,2-3H2,1H3. The van der Waals surface area contributed by atoms with Gasteiger partial charge < -0.3 is 4.74 Å². The van der Waals surface area contributed by atoms with E-state index in [0.29, 0.717) is 0 Å². The third-order valence-electron chi connectivity index (χ3n) is 1.71. The lowest BCUT2D eigenvalue weighted by molar-refractivity contribution is -0.145. The van der Waals surface area contributed by atoms with E-state index in [2.05, 4.69) is 14.7 Å². The Hall–Kier alpha value is -1.02. The van der Waals surface area contributed by atoms with Crippen LogP contribution in [-0.4, -0.2) is 28.8 Å². The van der Waals surface area contributed by atoms with Gasteiger partial charge in [-0.05, 0) is 0 Å². The van der Waals surface area contributed by atoms with Crippen molar-refractivity contribution >= 4 is 29.3 Å². The summed E-state index contributed by atoms with van der Waals surface area (Å²) in [5, 5.41) is -0.232. The molecule has 0 saturated carbocycles. The van der Waals surface area contributed by atoms with Crippen LogP contribution >= 0.6 is 23.4 Å². The summed E-state index contributed by atoms with van der Waals surface area (Å²) in [7, 11) is 1.23. The molecule has 0 bridgehead atoms. The van der Waals surface area contributed by atoms with Gasteiger partial charge in [0.15, 0.2) is 0 Å². The predicted molar refractivity (Wildman–Crippen MR) is 59.4 cm³/mol. The lowest BCUT2D eigenvalue weighted by Crippen LogP contribution is -2.11. The zero-order chi connectivity index (χ0) is 13.8. The van der Waals surface area contributed by atoms with Crippen LogP contribution in [0.2, 0.25) is 5.15 Å². The molecule has 0 aromatic carbocycles. The normalized spacial score (nSPS) is 11.4. The number of halogens is 4. The maximum Gasteiger partial charge on any atom is 0.451 e. The number of hydrogen-bond donors (Lipinski definition) is 0. The van der Waals surface area contributed by atoms with E-state index in [4.69, 9.17) is 11.6 Å². The number of ether oxygens (including phenoxy) is 1. The highest BCUT2D eigenvalue weighted by molar-refractivity contribution is 7.99. The van der Waals surface area contributed by atoms with Crippen LogP contribution in [0.3, 0.4) is 0 Å². The molecule has 1 heterocycles. The number of carbonyl (C=O) groups excluding carboxylic acids is 1. The van der Waals surface area contributed by atoms with Crippen LogP contribution in [0.5, 0.6) is 0 Å². The zero-order valence-electron chi connectivity index (χ0n) is 9.12. The lowest BCUT2D eigenvalue weighted by atomic mass is 10.5. The van der Waals surface area contributed by atoms with Crippen LogP contribution in [0, 0.1) is 0 Å². The first-order valence-electron chi connectivity index (χ1n) is 4.64. The Bertz CT molecular complexity index is 442. The number of esters is 1. The first kappa shape index (κ1) is 15.0. The van der Waals surface area contributed by atoms with Gasteiger partial charge in [-0.3, -0.25) is 4.79 Å². The molecule has 100 valence electrons. The molecular formula is C9H8ClF3N2O2S. The third kappa shape index (κ3) is 4.69. The highest BCUT2D eigenvalue weighted by atomic mass is 35.5. The van der Waals surface area contributed by atoms with Crippen LogP contribution in [0.1, 0.15) is 12.2 Å². The Morgan fingerprint density at radius 3 is 2.72 bits per heavy atom. The molecule has 0 spiro atoms. The van der Waals surface area contributed by atoms with Crippen molar-refractivity contribution in [3.8, 4) is 0 Å². The maximum atomic E-state index is 12.4. The summed E-state index contributed by atoms with van der Waals surface area (Å²) in [4.78, 5) is 17.2. The Kier molecular flexibility index (Phi) is 5.21. The van der Waals surface area contributed by atoms with Crippen molar-refractivity contribution in [1.82, 2.24) is 9.97 Å². The van der Waals surface area contributed by atoms with Crippen molar-refractivity contribution in [2.75, 3.05) is 12.9 Å². The number of methoxy groups -OCH3 is 1. The number of thioether (sulfide) groups is 1. The highest BCUT2D eigenvalue weighted by Gasteiger charge is 2.35. The monoisotopic (exact) mass is 300 g/mol. The van der Waals surface area contributed by atoms with Crippen molar-refractivity contribution in [2.45, 2.75) is 17.6 Å². The summed E-state index contributed by atoms with van der Waals surface area (Å²) in [6.07, 6.45) is -4.58. The van der Waals surface area contributed by atoms with Gasteiger partial charge in [-0.2, -0.15) is 13.2 Å². The molecule has 0 aliphatic carbocycles. The largest absolute Gasteiger partial charge is 0.469 e. The topological polar surface area (TPSA) is 52.1 Å². The van der Waals surface area contributed by atoms with Gasteiger partial charge in [0, 0.05) is 11.8 Å². The van der Waals surface area contributed by atoms with Crippen molar-refractivity contribution in [1.29, 1.82) is 0 Å². The summed E-state index contributed by atoms with van der Waals surface area (Å²) in [6.45, 7) is 0.